The molecular formula is C23H29ClN4OS. The van der Waals surface area contributed by atoms with Gasteiger partial charge >= 0.3 is 0 Å². The number of nitrogens with one attached hydrogen (secondary N) is 1. The number of hydrogen-bond acceptors (Lipinski definition) is 4. The number of carbonyl (C=O) groups excluding carboxylic acids is 1. The lowest BCUT2D eigenvalue weighted by Gasteiger charge is -2.20. The molecule has 3 rings (SSSR count). The third-order valence-corrected chi connectivity index (χ3v) is 6.59. The van der Waals surface area contributed by atoms with E-state index in [9.17, 15) is 4.79 Å². The summed E-state index contributed by atoms with van der Waals surface area (Å²) in [6.45, 7) is 12.0. The maximum atomic E-state index is 12.8. The second-order valence-corrected chi connectivity index (χ2v) is 9.01. The lowest BCUT2D eigenvalue weighted by molar-refractivity contribution is -0.115. The number of nitrogens with zero attached hydrogens (tertiary/aromatic N) is 3. The Kier molecular flexibility index (Phi) is 7.81. The molecule has 1 unspecified atom stereocenters. The average Bonchev–Trinajstić information content (AvgIpc) is 3.07. The SMILES string of the molecule is CCN(CC)CCn1c(SC(C)C(=O)Nc2ccc(C)cc2Cl)nc2ccccc21. The second kappa shape index (κ2) is 10.3. The Morgan fingerprint density at radius 1 is 1.23 bits per heavy atom. The number of fused-ring (bicyclic) bond motifs is 1. The molecule has 1 atom stereocenters. The van der Waals surface area contributed by atoms with Crippen LogP contribution < -0.4 is 5.32 Å². The molecule has 0 fully saturated rings. The number of rotatable bonds is 9. The first-order chi connectivity index (χ1) is 14.4. The molecule has 0 bridgehead atoms. The van der Waals surface area contributed by atoms with Gasteiger partial charge in [-0.05, 0) is 56.8 Å². The molecule has 3 aromatic rings. The summed E-state index contributed by atoms with van der Waals surface area (Å²) in [5, 5.41) is 4.04. The second-order valence-electron chi connectivity index (χ2n) is 7.29. The van der Waals surface area contributed by atoms with Crippen molar-refractivity contribution < 1.29 is 4.79 Å². The zero-order valence-electron chi connectivity index (χ0n) is 18.0. The third-order valence-electron chi connectivity index (χ3n) is 5.19. The molecule has 0 aliphatic carbocycles. The molecule has 5 nitrogen and oxygen atoms in total. The summed E-state index contributed by atoms with van der Waals surface area (Å²) in [5.74, 6) is -0.0897. The summed E-state index contributed by atoms with van der Waals surface area (Å²) < 4.78 is 2.22. The van der Waals surface area contributed by atoms with E-state index in [0.717, 1.165) is 47.9 Å². The summed E-state index contributed by atoms with van der Waals surface area (Å²) >= 11 is 7.75. The summed E-state index contributed by atoms with van der Waals surface area (Å²) in [5.41, 5.74) is 3.74. The van der Waals surface area contributed by atoms with Crippen molar-refractivity contribution in [3.63, 3.8) is 0 Å². The third kappa shape index (κ3) is 5.36. The van der Waals surface area contributed by atoms with Crippen molar-refractivity contribution in [2.24, 2.45) is 0 Å². The van der Waals surface area contributed by atoms with Gasteiger partial charge in [-0.3, -0.25) is 4.79 Å². The van der Waals surface area contributed by atoms with Crippen LogP contribution >= 0.6 is 23.4 Å². The van der Waals surface area contributed by atoms with Gasteiger partial charge in [0.25, 0.3) is 0 Å². The molecule has 1 N–H and O–H groups in total. The monoisotopic (exact) mass is 444 g/mol. The Bertz CT molecular complexity index is 1020. The van der Waals surface area contributed by atoms with E-state index in [1.54, 1.807) is 0 Å². The van der Waals surface area contributed by atoms with Gasteiger partial charge in [0, 0.05) is 13.1 Å². The minimum Gasteiger partial charge on any atom is -0.324 e. The van der Waals surface area contributed by atoms with E-state index < -0.39 is 0 Å². The van der Waals surface area contributed by atoms with Crippen LogP contribution in [0.2, 0.25) is 5.02 Å². The zero-order chi connectivity index (χ0) is 21.7. The highest BCUT2D eigenvalue weighted by Crippen LogP contribution is 2.29. The number of likely N-dealkylation sites (N-methyl/N-ethyl adjacent to an activating group) is 1. The number of aromatic nitrogens is 2. The molecule has 7 heteroatoms. The number of hydrogen-bond donors (Lipinski definition) is 1. The molecule has 0 aliphatic rings. The largest absolute Gasteiger partial charge is 0.324 e. The Labute approximate surface area is 187 Å². The number of benzene rings is 2. The minimum absolute atomic E-state index is 0.0897. The summed E-state index contributed by atoms with van der Waals surface area (Å²) in [6.07, 6.45) is 0. The molecular weight excluding hydrogens is 416 g/mol. The van der Waals surface area contributed by atoms with E-state index in [0.29, 0.717) is 10.7 Å². The Hall–Kier alpha value is -2.02. The van der Waals surface area contributed by atoms with Gasteiger partial charge in [0.05, 0.1) is 27.0 Å². The van der Waals surface area contributed by atoms with E-state index >= 15 is 0 Å². The van der Waals surface area contributed by atoms with Gasteiger partial charge in [0.2, 0.25) is 5.91 Å². The van der Waals surface area contributed by atoms with Gasteiger partial charge in [0.15, 0.2) is 5.16 Å². The van der Waals surface area contributed by atoms with Crippen LogP contribution in [0.1, 0.15) is 26.3 Å². The quantitative estimate of drug-likeness (QED) is 0.445. The number of carbonyl (C=O) groups is 1. The van der Waals surface area contributed by atoms with Gasteiger partial charge in [0.1, 0.15) is 0 Å². The zero-order valence-corrected chi connectivity index (χ0v) is 19.6. The highest BCUT2D eigenvalue weighted by atomic mass is 35.5. The minimum atomic E-state index is -0.314. The predicted octanol–water partition coefficient (Wildman–Crippen LogP) is 5.46. The standard InChI is InChI=1S/C23H29ClN4OS/c1-5-27(6-2)13-14-28-21-10-8-7-9-20(21)26-23(28)30-17(4)22(29)25-19-12-11-16(3)15-18(19)24/h7-12,15,17H,5-6,13-14H2,1-4H3,(H,25,29). The first-order valence-corrected chi connectivity index (χ1v) is 11.6. The van der Waals surface area contributed by atoms with Crippen LogP contribution in [-0.2, 0) is 11.3 Å². The van der Waals surface area contributed by atoms with Gasteiger partial charge < -0.3 is 14.8 Å². The fraction of sp³-hybridized carbons (Fsp3) is 0.391. The van der Waals surface area contributed by atoms with Crippen molar-refractivity contribution >= 4 is 46.0 Å². The highest BCUT2D eigenvalue weighted by Gasteiger charge is 2.20. The molecule has 0 saturated carbocycles. The highest BCUT2D eigenvalue weighted by molar-refractivity contribution is 8.00. The van der Waals surface area contributed by atoms with Crippen molar-refractivity contribution in [3.8, 4) is 0 Å². The molecule has 30 heavy (non-hydrogen) atoms. The molecule has 1 amide bonds. The van der Waals surface area contributed by atoms with Gasteiger partial charge in [-0.25, -0.2) is 4.98 Å². The van der Waals surface area contributed by atoms with E-state index in [2.05, 4.69) is 34.7 Å². The maximum absolute atomic E-state index is 12.8. The fourth-order valence-electron chi connectivity index (χ4n) is 3.31. The molecule has 160 valence electrons. The first-order valence-electron chi connectivity index (χ1n) is 10.3. The molecule has 0 aliphatic heterocycles. The van der Waals surface area contributed by atoms with Gasteiger partial charge in [-0.1, -0.05) is 55.4 Å². The number of halogens is 1. The van der Waals surface area contributed by atoms with Crippen molar-refractivity contribution in [3.05, 3.63) is 53.1 Å². The van der Waals surface area contributed by atoms with E-state index in [1.807, 2.05) is 50.2 Å². The van der Waals surface area contributed by atoms with Crippen LogP contribution in [0.3, 0.4) is 0 Å². The van der Waals surface area contributed by atoms with Crippen LogP contribution in [0.5, 0.6) is 0 Å². The Morgan fingerprint density at radius 3 is 2.67 bits per heavy atom. The molecule has 2 aromatic carbocycles. The number of imidazole rings is 1. The van der Waals surface area contributed by atoms with Crippen LogP contribution in [0.15, 0.2) is 47.6 Å². The lowest BCUT2D eigenvalue weighted by atomic mass is 10.2. The van der Waals surface area contributed by atoms with Crippen LogP contribution in [0.25, 0.3) is 11.0 Å². The number of aryl methyl sites for hydroxylation is 1. The Balaban J connectivity index is 1.78. The van der Waals surface area contributed by atoms with Crippen molar-refractivity contribution in [1.29, 1.82) is 0 Å². The first kappa shape index (κ1) is 22.7. The van der Waals surface area contributed by atoms with Crippen molar-refractivity contribution in [1.82, 2.24) is 14.5 Å². The lowest BCUT2D eigenvalue weighted by Crippen LogP contribution is -2.27. The molecule has 0 saturated heterocycles. The molecule has 0 spiro atoms. The predicted molar refractivity (Wildman–Crippen MR) is 128 cm³/mol. The topological polar surface area (TPSA) is 50.2 Å². The van der Waals surface area contributed by atoms with Crippen LogP contribution in [0, 0.1) is 6.92 Å². The Morgan fingerprint density at radius 2 is 1.97 bits per heavy atom. The summed E-state index contributed by atoms with van der Waals surface area (Å²) in [6, 6.07) is 13.8. The summed E-state index contributed by atoms with van der Waals surface area (Å²) in [7, 11) is 0. The average molecular weight is 445 g/mol. The number of para-hydroxylation sites is 2. The number of thioether (sulfide) groups is 1. The van der Waals surface area contributed by atoms with E-state index in [-0.39, 0.29) is 11.2 Å². The molecule has 1 heterocycles. The summed E-state index contributed by atoms with van der Waals surface area (Å²) in [4.78, 5) is 20.0. The van der Waals surface area contributed by atoms with E-state index in [4.69, 9.17) is 16.6 Å². The smallest absolute Gasteiger partial charge is 0.237 e. The number of anilines is 1. The molecule has 1 aromatic heterocycles. The van der Waals surface area contributed by atoms with Crippen LogP contribution in [0.4, 0.5) is 5.69 Å². The normalized spacial score (nSPS) is 12.5. The number of amides is 1. The fourth-order valence-corrected chi connectivity index (χ4v) is 4.54. The van der Waals surface area contributed by atoms with Crippen molar-refractivity contribution in [2.75, 3.05) is 25.0 Å². The van der Waals surface area contributed by atoms with Gasteiger partial charge in [-0.2, -0.15) is 0 Å². The van der Waals surface area contributed by atoms with Gasteiger partial charge in [-0.15, -0.1) is 0 Å². The van der Waals surface area contributed by atoms with E-state index in [1.165, 1.54) is 11.8 Å². The van der Waals surface area contributed by atoms with Crippen LogP contribution in [-0.4, -0.2) is 45.2 Å². The molecule has 0 radical (unpaired) electrons. The van der Waals surface area contributed by atoms with Crippen molar-refractivity contribution in [2.45, 2.75) is 44.6 Å². The maximum Gasteiger partial charge on any atom is 0.237 e.